The highest BCUT2D eigenvalue weighted by Gasteiger charge is 2.12. The van der Waals surface area contributed by atoms with E-state index in [1.807, 2.05) is 84.9 Å². The van der Waals surface area contributed by atoms with Crippen LogP contribution < -0.4 is 9.64 Å². The summed E-state index contributed by atoms with van der Waals surface area (Å²) in [6.45, 7) is 0. The molecule has 0 saturated carbocycles. The summed E-state index contributed by atoms with van der Waals surface area (Å²) >= 11 is 0. The first kappa shape index (κ1) is 18.8. The molecule has 31 heavy (non-hydrogen) atoms. The van der Waals surface area contributed by atoms with E-state index in [1.165, 1.54) is 0 Å². The van der Waals surface area contributed by atoms with Gasteiger partial charge < -0.3 is 9.64 Å². The summed E-state index contributed by atoms with van der Waals surface area (Å²) in [5.74, 6) is 1.94. The van der Waals surface area contributed by atoms with E-state index in [0.717, 1.165) is 33.6 Å². The maximum Gasteiger partial charge on any atom is 0.230 e. The average molecular weight is 403 g/mol. The average Bonchev–Trinajstić information content (AvgIpc) is 2.85. The second-order valence-corrected chi connectivity index (χ2v) is 7.23. The van der Waals surface area contributed by atoms with E-state index in [1.54, 1.807) is 0 Å². The molecule has 0 aliphatic rings. The molecule has 0 aliphatic carbocycles. The van der Waals surface area contributed by atoms with Crippen molar-refractivity contribution in [3.05, 3.63) is 109 Å². The van der Waals surface area contributed by atoms with Gasteiger partial charge in [-0.05, 0) is 60.7 Å². The van der Waals surface area contributed by atoms with Gasteiger partial charge in [-0.2, -0.15) is 4.98 Å². The molecular weight excluding hydrogens is 382 g/mol. The Bertz CT molecular complexity index is 1300. The molecule has 0 amide bonds. The zero-order chi connectivity index (χ0) is 21.0. The predicted octanol–water partition coefficient (Wildman–Crippen LogP) is 6.86. The van der Waals surface area contributed by atoms with Crippen LogP contribution in [0.2, 0.25) is 0 Å². The van der Waals surface area contributed by atoms with Gasteiger partial charge in [-0.15, -0.1) is 0 Å². The zero-order valence-electron chi connectivity index (χ0n) is 17.1. The van der Waals surface area contributed by atoms with Crippen molar-refractivity contribution in [3.63, 3.8) is 0 Å². The van der Waals surface area contributed by atoms with Crippen LogP contribution in [0, 0.1) is 0 Å². The molecule has 0 fully saturated rings. The Hall–Kier alpha value is -4.18. The SMILES string of the molecule is CN(c1ccccc1)c1ccc(-c2nc(Oc3ccccc3)c3ccccc3n2)cc1. The van der Waals surface area contributed by atoms with E-state index in [-0.39, 0.29) is 0 Å². The van der Waals surface area contributed by atoms with E-state index in [0.29, 0.717) is 11.7 Å². The summed E-state index contributed by atoms with van der Waals surface area (Å²) in [7, 11) is 2.06. The van der Waals surface area contributed by atoms with Crippen LogP contribution in [0.5, 0.6) is 11.6 Å². The Morgan fingerprint density at radius 2 is 1.23 bits per heavy atom. The van der Waals surface area contributed by atoms with Crippen LogP contribution in [-0.4, -0.2) is 17.0 Å². The lowest BCUT2D eigenvalue weighted by Gasteiger charge is -2.19. The standard InChI is InChI=1S/C27H21N3O/c1-30(21-10-4-2-5-11-21)22-18-16-20(17-19-22)26-28-25-15-9-8-14-24(25)27(29-26)31-23-12-6-3-7-13-23/h2-19H,1H3. The lowest BCUT2D eigenvalue weighted by Crippen LogP contribution is -2.08. The fourth-order valence-corrected chi connectivity index (χ4v) is 3.49. The van der Waals surface area contributed by atoms with Gasteiger partial charge in [-0.3, -0.25) is 0 Å². The van der Waals surface area contributed by atoms with Crippen molar-refractivity contribution in [1.82, 2.24) is 9.97 Å². The number of hydrogen-bond acceptors (Lipinski definition) is 4. The number of anilines is 2. The smallest absolute Gasteiger partial charge is 0.230 e. The summed E-state index contributed by atoms with van der Waals surface area (Å²) in [6.07, 6.45) is 0. The second-order valence-electron chi connectivity index (χ2n) is 7.23. The Kier molecular flexibility index (Phi) is 5.03. The van der Waals surface area contributed by atoms with Gasteiger partial charge >= 0.3 is 0 Å². The molecule has 4 aromatic carbocycles. The van der Waals surface area contributed by atoms with Gasteiger partial charge in [0.1, 0.15) is 5.75 Å². The Morgan fingerprint density at radius 1 is 0.613 bits per heavy atom. The highest BCUT2D eigenvalue weighted by molar-refractivity contribution is 5.85. The molecular formula is C27H21N3O. The predicted molar refractivity (Wildman–Crippen MR) is 126 cm³/mol. The minimum absolute atomic E-state index is 0.553. The normalized spacial score (nSPS) is 10.7. The lowest BCUT2D eigenvalue weighted by atomic mass is 10.1. The Balaban J connectivity index is 1.51. The minimum atomic E-state index is 0.553. The summed E-state index contributed by atoms with van der Waals surface area (Å²) in [4.78, 5) is 11.7. The van der Waals surface area contributed by atoms with Crippen molar-refractivity contribution in [2.75, 3.05) is 11.9 Å². The third-order valence-corrected chi connectivity index (χ3v) is 5.18. The molecule has 0 atom stereocenters. The van der Waals surface area contributed by atoms with Gasteiger partial charge in [0, 0.05) is 24.0 Å². The van der Waals surface area contributed by atoms with E-state index in [2.05, 4.69) is 36.2 Å². The number of nitrogens with zero attached hydrogens (tertiary/aromatic N) is 3. The monoisotopic (exact) mass is 403 g/mol. The van der Waals surface area contributed by atoms with Crippen LogP contribution >= 0.6 is 0 Å². The van der Waals surface area contributed by atoms with Crippen LogP contribution in [0.15, 0.2) is 109 Å². The summed E-state index contributed by atoms with van der Waals surface area (Å²) in [6, 6.07) is 36.1. The number of fused-ring (bicyclic) bond motifs is 1. The number of aromatic nitrogens is 2. The molecule has 1 aromatic heterocycles. The number of hydrogen-bond donors (Lipinski definition) is 0. The molecule has 0 spiro atoms. The molecule has 0 radical (unpaired) electrons. The number of benzene rings is 4. The first-order valence-electron chi connectivity index (χ1n) is 10.2. The molecule has 0 aliphatic heterocycles. The fourth-order valence-electron chi connectivity index (χ4n) is 3.49. The quantitative estimate of drug-likeness (QED) is 0.321. The van der Waals surface area contributed by atoms with Crippen molar-refractivity contribution in [2.45, 2.75) is 0 Å². The Morgan fingerprint density at radius 3 is 1.97 bits per heavy atom. The van der Waals surface area contributed by atoms with Crippen LogP contribution in [0.1, 0.15) is 0 Å². The van der Waals surface area contributed by atoms with Gasteiger partial charge in [0.2, 0.25) is 5.88 Å². The fraction of sp³-hybridized carbons (Fsp3) is 0.0370. The topological polar surface area (TPSA) is 38.2 Å². The van der Waals surface area contributed by atoms with Crippen molar-refractivity contribution in [3.8, 4) is 23.0 Å². The van der Waals surface area contributed by atoms with Crippen molar-refractivity contribution in [1.29, 1.82) is 0 Å². The molecule has 0 unspecified atom stereocenters. The van der Waals surface area contributed by atoms with E-state index in [4.69, 9.17) is 14.7 Å². The van der Waals surface area contributed by atoms with E-state index in [9.17, 15) is 0 Å². The third-order valence-electron chi connectivity index (χ3n) is 5.18. The largest absolute Gasteiger partial charge is 0.438 e. The molecule has 0 N–H and O–H groups in total. The summed E-state index contributed by atoms with van der Waals surface area (Å²) in [5.41, 5.74) is 4.02. The van der Waals surface area contributed by atoms with E-state index >= 15 is 0 Å². The Labute approximate surface area is 181 Å². The number of para-hydroxylation sites is 3. The van der Waals surface area contributed by atoms with Crippen LogP contribution in [0.3, 0.4) is 0 Å². The highest BCUT2D eigenvalue weighted by atomic mass is 16.5. The summed E-state index contributed by atoms with van der Waals surface area (Å²) < 4.78 is 6.11. The van der Waals surface area contributed by atoms with Gasteiger partial charge in [-0.25, -0.2) is 4.98 Å². The van der Waals surface area contributed by atoms with Gasteiger partial charge in [0.25, 0.3) is 0 Å². The maximum absolute atomic E-state index is 6.11. The van der Waals surface area contributed by atoms with Crippen molar-refractivity contribution in [2.24, 2.45) is 0 Å². The number of ether oxygens (including phenoxy) is 1. The van der Waals surface area contributed by atoms with E-state index < -0.39 is 0 Å². The zero-order valence-corrected chi connectivity index (χ0v) is 17.1. The van der Waals surface area contributed by atoms with Crippen molar-refractivity contribution >= 4 is 22.3 Å². The minimum Gasteiger partial charge on any atom is -0.438 e. The first-order chi connectivity index (χ1) is 15.3. The molecule has 0 bridgehead atoms. The lowest BCUT2D eigenvalue weighted by molar-refractivity contribution is 0.469. The molecule has 5 rings (SSSR count). The van der Waals surface area contributed by atoms with Crippen LogP contribution in [0.25, 0.3) is 22.3 Å². The third kappa shape index (κ3) is 3.96. The van der Waals surface area contributed by atoms with Crippen LogP contribution in [-0.2, 0) is 0 Å². The molecule has 0 saturated heterocycles. The summed E-state index contributed by atoms with van der Waals surface area (Å²) in [5, 5.41) is 0.885. The van der Waals surface area contributed by atoms with Gasteiger partial charge in [0.15, 0.2) is 5.82 Å². The molecule has 4 heteroatoms. The van der Waals surface area contributed by atoms with Crippen LogP contribution in [0.4, 0.5) is 11.4 Å². The first-order valence-corrected chi connectivity index (χ1v) is 10.2. The molecule has 150 valence electrons. The molecule has 1 heterocycles. The molecule has 5 aromatic rings. The van der Waals surface area contributed by atoms with Gasteiger partial charge in [0.05, 0.1) is 10.9 Å². The number of rotatable bonds is 5. The maximum atomic E-state index is 6.11. The van der Waals surface area contributed by atoms with Crippen molar-refractivity contribution < 1.29 is 4.74 Å². The highest BCUT2D eigenvalue weighted by Crippen LogP contribution is 2.31. The molecule has 4 nitrogen and oxygen atoms in total. The van der Waals surface area contributed by atoms with Gasteiger partial charge in [-0.1, -0.05) is 48.5 Å². The second kappa shape index (κ2) is 8.28.